The van der Waals surface area contributed by atoms with Crippen LogP contribution in [0.25, 0.3) is 0 Å². The van der Waals surface area contributed by atoms with Crippen LogP contribution in [0.2, 0.25) is 0 Å². The maximum absolute atomic E-state index is 14.0. The summed E-state index contributed by atoms with van der Waals surface area (Å²) in [6.07, 6.45) is -4.15. The van der Waals surface area contributed by atoms with E-state index < -0.39 is 41.1 Å². The Bertz CT molecular complexity index is 2030. The number of aromatic nitrogens is 1. The molecule has 2 aliphatic heterocycles. The number of halogens is 3. The molecule has 3 aromatic carbocycles. The molecule has 0 spiro atoms. The number of para-hydroxylation sites is 1. The second-order valence-electron chi connectivity index (χ2n) is 12.8. The first-order valence-electron chi connectivity index (χ1n) is 15.5. The summed E-state index contributed by atoms with van der Waals surface area (Å²) in [5.41, 5.74) is 1.10. The van der Waals surface area contributed by atoms with E-state index in [1.54, 1.807) is 6.07 Å². The highest BCUT2D eigenvalue weighted by Crippen LogP contribution is 2.69. The molecule has 4 unspecified atom stereocenters. The van der Waals surface area contributed by atoms with E-state index in [0.29, 0.717) is 22.9 Å². The summed E-state index contributed by atoms with van der Waals surface area (Å²) in [6.45, 7) is 1.73. The predicted molar refractivity (Wildman–Crippen MR) is 174 cm³/mol. The van der Waals surface area contributed by atoms with E-state index in [1.807, 2.05) is 49.4 Å². The minimum Gasteiger partial charge on any atom is -0.484 e. The topological polar surface area (TPSA) is 109 Å². The van der Waals surface area contributed by atoms with Gasteiger partial charge in [-0.15, -0.1) is 11.8 Å². The van der Waals surface area contributed by atoms with Crippen molar-refractivity contribution < 1.29 is 32.3 Å². The lowest BCUT2D eigenvalue weighted by Crippen LogP contribution is -2.42. The number of rotatable bonds is 6. The van der Waals surface area contributed by atoms with Crippen LogP contribution in [0.15, 0.2) is 82.6 Å². The van der Waals surface area contributed by atoms with Crippen molar-refractivity contribution in [3.05, 3.63) is 104 Å². The van der Waals surface area contributed by atoms with E-state index in [1.165, 1.54) is 30.0 Å². The predicted octanol–water partition coefficient (Wildman–Crippen LogP) is 6.46. The van der Waals surface area contributed by atoms with Gasteiger partial charge in [-0.3, -0.25) is 19.2 Å². The van der Waals surface area contributed by atoms with Crippen molar-refractivity contribution >= 4 is 52.2 Å². The number of carbonyl (C=O) groups is 3. The third-order valence-corrected chi connectivity index (χ3v) is 12.7. The molecule has 4 aromatic rings. The van der Waals surface area contributed by atoms with Crippen LogP contribution in [0.3, 0.4) is 0 Å². The SMILES string of the molecule is Cc1ccc(NC(=O)COc2cccc([C@H]3c4sc(=O)[nH]c4SC4C3[C@H]3C[C@@H]4C4C(=O)N(c5ccccc5C(F)(F)F)C(=O)C43)c2)cc1. The number of alkyl halides is 3. The van der Waals surface area contributed by atoms with Crippen molar-refractivity contribution in [1.82, 2.24) is 4.98 Å². The first-order valence-corrected chi connectivity index (χ1v) is 17.2. The molecular weight excluding hydrogens is 664 g/mol. The summed E-state index contributed by atoms with van der Waals surface area (Å²) in [6, 6.07) is 19.4. The zero-order valence-corrected chi connectivity index (χ0v) is 27.0. The van der Waals surface area contributed by atoms with Gasteiger partial charge >= 0.3 is 11.0 Å². The van der Waals surface area contributed by atoms with Crippen LogP contribution in [-0.4, -0.2) is 34.6 Å². The van der Waals surface area contributed by atoms with Gasteiger partial charge in [0.15, 0.2) is 6.61 Å². The Hall–Kier alpha value is -4.36. The standard InChI is InChI=1S/C35H28F3N3O5S2/c1-16-9-11-18(12-10-16)39-24(42)15-46-19-6-4-5-17(13-19)25-26-20-14-21(29(26)47-31-30(25)48-34(45)40-31)28-27(20)32(43)41(33(28)44)23-8-3-2-7-22(23)35(36,37)38/h2-13,20-21,25-29H,14-15H2,1H3,(H,39,42)(H,40,45)/t20-,21-,25-,26?,27?,28?,29?/m1/s1. The summed E-state index contributed by atoms with van der Waals surface area (Å²) >= 11 is 2.60. The molecule has 8 nitrogen and oxygen atoms in total. The number of thioether (sulfide) groups is 1. The van der Waals surface area contributed by atoms with E-state index in [-0.39, 0.29) is 46.3 Å². The quantitative estimate of drug-likeness (QED) is 0.225. The average Bonchev–Trinajstić information content (AvgIpc) is 3.79. The lowest BCUT2D eigenvalue weighted by molar-refractivity contribution is -0.137. The number of ether oxygens (including phenoxy) is 1. The summed E-state index contributed by atoms with van der Waals surface area (Å²) in [5.74, 6) is -3.56. The Kier molecular flexibility index (Phi) is 7.33. The molecule has 7 atom stereocenters. The molecule has 3 amide bonds. The number of hydrogen-bond acceptors (Lipinski definition) is 7. The lowest BCUT2D eigenvalue weighted by Gasteiger charge is -2.43. The fraction of sp³-hybridized carbons (Fsp3) is 0.314. The van der Waals surface area contributed by atoms with Crippen molar-refractivity contribution in [2.24, 2.45) is 29.6 Å². The van der Waals surface area contributed by atoms with Gasteiger partial charge in [0, 0.05) is 21.7 Å². The highest BCUT2D eigenvalue weighted by atomic mass is 32.2. The van der Waals surface area contributed by atoms with Crippen LogP contribution >= 0.6 is 23.1 Å². The number of aromatic amines is 1. The number of anilines is 2. The van der Waals surface area contributed by atoms with Crippen LogP contribution < -0.4 is 19.8 Å². The molecule has 246 valence electrons. The zero-order valence-electron chi connectivity index (χ0n) is 25.3. The molecule has 2 bridgehead atoms. The Morgan fingerprint density at radius 3 is 2.46 bits per heavy atom. The molecule has 1 aromatic heterocycles. The maximum atomic E-state index is 14.0. The number of carbonyl (C=O) groups excluding carboxylic acids is 3. The van der Waals surface area contributed by atoms with Crippen LogP contribution in [0.1, 0.15) is 33.9 Å². The molecule has 2 N–H and O–H groups in total. The number of hydrogen-bond donors (Lipinski definition) is 2. The van der Waals surface area contributed by atoms with Crippen molar-refractivity contribution in [2.75, 3.05) is 16.8 Å². The van der Waals surface area contributed by atoms with Crippen LogP contribution in [0.4, 0.5) is 24.5 Å². The molecule has 3 fully saturated rings. The van der Waals surface area contributed by atoms with Gasteiger partial charge in [-0.2, -0.15) is 13.2 Å². The molecule has 8 rings (SSSR count). The number of nitrogens with zero attached hydrogens (tertiary/aromatic N) is 1. The lowest BCUT2D eigenvalue weighted by atomic mass is 9.68. The minimum atomic E-state index is -4.74. The van der Waals surface area contributed by atoms with Gasteiger partial charge in [0.05, 0.1) is 28.1 Å². The third kappa shape index (κ3) is 4.97. The maximum Gasteiger partial charge on any atom is 0.418 e. The fourth-order valence-electron chi connectivity index (χ4n) is 8.32. The molecule has 3 heterocycles. The average molecular weight is 692 g/mol. The largest absolute Gasteiger partial charge is 0.484 e. The van der Waals surface area contributed by atoms with Gasteiger partial charge in [0.2, 0.25) is 11.8 Å². The number of thiazole rings is 1. The van der Waals surface area contributed by atoms with E-state index in [4.69, 9.17) is 4.74 Å². The van der Waals surface area contributed by atoms with Gasteiger partial charge < -0.3 is 15.0 Å². The second kappa shape index (κ2) is 11.4. The Labute approximate surface area is 280 Å². The smallest absolute Gasteiger partial charge is 0.418 e. The summed E-state index contributed by atoms with van der Waals surface area (Å²) in [5, 5.41) is 3.38. The summed E-state index contributed by atoms with van der Waals surface area (Å²) in [7, 11) is 0. The molecule has 2 saturated carbocycles. The monoisotopic (exact) mass is 691 g/mol. The van der Waals surface area contributed by atoms with Crippen molar-refractivity contribution in [3.63, 3.8) is 0 Å². The molecule has 48 heavy (non-hydrogen) atoms. The normalized spacial score (nSPS) is 27.1. The fourth-order valence-corrected chi connectivity index (χ4v) is 11.2. The second-order valence-corrected chi connectivity index (χ2v) is 15.0. The number of nitrogens with one attached hydrogen (secondary N) is 2. The van der Waals surface area contributed by atoms with Crippen molar-refractivity contribution in [1.29, 1.82) is 0 Å². The minimum absolute atomic E-state index is 0.140. The van der Waals surface area contributed by atoms with Crippen LogP contribution in [0, 0.1) is 36.5 Å². The molecule has 0 radical (unpaired) electrons. The number of benzene rings is 3. The van der Waals surface area contributed by atoms with E-state index in [2.05, 4.69) is 10.3 Å². The number of H-pyrrole nitrogens is 1. The highest BCUT2D eigenvalue weighted by molar-refractivity contribution is 8.00. The van der Waals surface area contributed by atoms with Gasteiger partial charge in [0.25, 0.3) is 5.91 Å². The van der Waals surface area contributed by atoms with Gasteiger partial charge in [-0.1, -0.05) is 53.3 Å². The van der Waals surface area contributed by atoms with Gasteiger partial charge in [0.1, 0.15) is 5.75 Å². The first kappa shape index (κ1) is 30.9. The van der Waals surface area contributed by atoms with E-state index in [9.17, 15) is 32.3 Å². The number of imide groups is 1. The Balaban J connectivity index is 1.10. The van der Waals surface area contributed by atoms with Gasteiger partial charge in [-0.25, -0.2) is 4.90 Å². The number of aryl methyl sites for hydroxylation is 1. The number of amides is 3. The van der Waals surface area contributed by atoms with Gasteiger partial charge in [-0.05, 0) is 73.1 Å². The molecule has 13 heteroatoms. The third-order valence-electron chi connectivity index (χ3n) is 10.1. The van der Waals surface area contributed by atoms with Crippen LogP contribution in [-0.2, 0) is 20.6 Å². The molecular formula is C35H28F3N3O5S2. The highest BCUT2D eigenvalue weighted by Gasteiger charge is 2.70. The molecule has 2 aliphatic carbocycles. The zero-order chi connectivity index (χ0) is 33.5. The first-order chi connectivity index (χ1) is 23.0. The van der Waals surface area contributed by atoms with Crippen molar-refractivity contribution in [3.8, 4) is 5.75 Å². The van der Waals surface area contributed by atoms with E-state index in [0.717, 1.165) is 38.3 Å². The Morgan fingerprint density at radius 1 is 0.979 bits per heavy atom. The molecule has 1 saturated heterocycles. The Morgan fingerprint density at radius 2 is 1.71 bits per heavy atom. The number of fused-ring (bicyclic) bond motifs is 9. The molecule has 4 aliphatic rings. The summed E-state index contributed by atoms with van der Waals surface area (Å²) < 4.78 is 47.8. The van der Waals surface area contributed by atoms with Crippen LogP contribution in [0.5, 0.6) is 5.75 Å². The van der Waals surface area contributed by atoms with E-state index >= 15 is 0 Å². The van der Waals surface area contributed by atoms with Crippen molar-refractivity contribution in [2.45, 2.75) is 35.7 Å². The summed E-state index contributed by atoms with van der Waals surface area (Å²) in [4.78, 5) is 57.4.